The van der Waals surface area contributed by atoms with Crippen molar-refractivity contribution < 1.29 is 9.53 Å². The summed E-state index contributed by atoms with van der Waals surface area (Å²) in [4.78, 5) is 22.2. The number of amides is 2. The zero-order chi connectivity index (χ0) is 17.0. The average molecular weight is 315 g/mol. The Hall–Kier alpha value is -2.83. The van der Waals surface area contributed by atoms with E-state index in [1.54, 1.807) is 4.90 Å². The molecule has 0 aliphatic rings. The molecule has 0 saturated heterocycles. The van der Waals surface area contributed by atoms with Gasteiger partial charge in [-0.2, -0.15) is 4.98 Å². The minimum atomic E-state index is -0.356. The molecule has 0 fully saturated rings. The van der Waals surface area contributed by atoms with Gasteiger partial charge in [-0.15, -0.1) is 0 Å². The van der Waals surface area contributed by atoms with Crippen LogP contribution in [-0.2, 0) is 0 Å². The lowest BCUT2D eigenvalue weighted by molar-refractivity contribution is 0.262. The third-order valence-corrected chi connectivity index (χ3v) is 3.37. The van der Waals surface area contributed by atoms with Crippen LogP contribution < -0.4 is 20.3 Å². The normalized spacial score (nSPS) is 10.1. The molecule has 7 nitrogen and oxygen atoms in total. The first-order valence-electron chi connectivity index (χ1n) is 7.14. The van der Waals surface area contributed by atoms with E-state index in [1.807, 2.05) is 46.1 Å². The number of benzene rings is 1. The van der Waals surface area contributed by atoms with Crippen LogP contribution in [0.5, 0.6) is 6.01 Å². The lowest BCUT2D eigenvalue weighted by atomic mass is 10.1. The summed E-state index contributed by atoms with van der Waals surface area (Å²) in [6.45, 7) is 4.02. The van der Waals surface area contributed by atoms with Crippen molar-refractivity contribution in [1.82, 2.24) is 9.97 Å². The van der Waals surface area contributed by atoms with E-state index in [1.165, 1.54) is 18.9 Å². The van der Waals surface area contributed by atoms with E-state index in [2.05, 4.69) is 20.6 Å². The Balaban J connectivity index is 2.15. The molecule has 0 aliphatic carbocycles. The van der Waals surface area contributed by atoms with Crippen molar-refractivity contribution in [2.45, 2.75) is 13.8 Å². The molecule has 1 aromatic carbocycles. The summed E-state index contributed by atoms with van der Waals surface area (Å²) in [5, 5.41) is 5.55. The number of nitrogens with one attached hydrogen (secondary N) is 2. The standard InChI is InChI=1S/C16H21N5O2/c1-10-6-7-12(8-11(10)2)18-15(22)19-13-9-17-16(23-5)20-14(13)21(3)4/h6-9H,1-5H3,(H2,18,19,22). The largest absolute Gasteiger partial charge is 0.467 e. The van der Waals surface area contributed by atoms with Gasteiger partial charge < -0.3 is 20.3 Å². The quantitative estimate of drug-likeness (QED) is 0.907. The second-order valence-electron chi connectivity index (χ2n) is 5.37. The minimum Gasteiger partial charge on any atom is -0.467 e. The van der Waals surface area contributed by atoms with Crippen LogP contribution in [0.3, 0.4) is 0 Å². The lowest BCUT2D eigenvalue weighted by Gasteiger charge is -2.17. The van der Waals surface area contributed by atoms with Gasteiger partial charge in [0.1, 0.15) is 5.69 Å². The van der Waals surface area contributed by atoms with E-state index in [9.17, 15) is 4.79 Å². The second kappa shape index (κ2) is 6.95. The summed E-state index contributed by atoms with van der Waals surface area (Å²) in [6.07, 6.45) is 1.52. The van der Waals surface area contributed by atoms with Crippen molar-refractivity contribution >= 4 is 23.2 Å². The Morgan fingerprint density at radius 2 is 1.91 bits per heavy atom. The van der Waals surface area contributed by atoms with E-state index < -0.39 is 0 Å². The van der Waals surface area contributed by atoms with Crippen LogP contribution in [-0.4, -0.2) is 37.2 Å². The molecular formula is C16H21N5O2. The summed E-state index contributed by atoms with van der Waals surface area (Å²) in [7, 11) is 5.15. The van der Waals surface area contributed by atoms with Crippen LogP contribution >= 0.6 is 0 Å². The first-order chi connectivity index (χ1) is 10.9. The van der Waals surface area contributed by atoms with Crippen molar-refractivity contribution in [3.05, 3.63) is 35.5 Å². The van der Waals surface area contributed by atoms with Crippen LogP contribution in [0.15, 0.2) is 24.4 Å². The highest BCUT2D eigenvalue weighted by Gasteiger charge is 2.12. The summed E-state index contributed by atoms with van der Waals surface area (Å²) >= 11 is 0. The number of hydrogen-bond donors (Lipinski definition) is 2. The Morgan fingerprint density at radius 3 is 2.52 bits per heavy atom. The van der Waals surface area contributed by atoms with Crippen LogP contribution in [0.1, 0.15) is 11.1 Å². The molecule has 0 radical (unpaired) electrons. The first kappa shape index (κ1) is 16.5. The van der Waals surface area contributed by atoms with Gasteiger partial charge in [0.15, 0.2) is 5.82 Å². The van der Waals surface area contributed by atoms with E-state index >= 15 is 0 Å². The van der Waals surface area contributed by atoms with E-state index in [0.717, 1.165) is 11.3 Å². The predicted octanol–water partition coefficient (Wildman–Crippen LogP) is 2.81. The number of aromatic nitrogens is 2. The highest BCUT2D eigenvalue weighted by atomic mass is 16.5. The third-order valence-electron chi connectivity index (χ3n) is 3.37. The SMILES string of the molecule is COc1ncc(NC(=O)Nc2ccc(C)c(C)c2)c(N(C)C)n1. The lowest BCUT2D eigenvalue weighted by Crippen LogP contribution is -2.22. The number of aryl methyl sites for hydroxylation is 2. The zero-order valence-corrected chi connectivity index (χ0v) is 14.0. The first-order valence-corrected chi connectivity index (χ1v) is 7.14. The fourth-order valence-electron chi connectivity index (χ4n) is 1.99. The molecule has 1 aromatic heterocycles. The van der Waals surface area contributed by atoms with Crippen LogP contribution in [0.4, 0.5) is 22.0 Å². The van der Waals surface area contributed by atoms with Crippen molar-refractivity contribution in [2.75, 3.05) is 36.7 Å². The highest BCUT2D eigenvalue weighted by Crippen LogP contribution is 2.23. The topological polar surface area (TPSA) is 79.4 Å². The Labute approximate surface area is 135 Å². The molecule has 2 amide bonds. The van der Waals surface area contributed by atoms with Crippen molar-refractivity contribution in [3.8, 4) is 6.01 Å². The number of ether oxygens (including phenoxy) is 1. The molecule has 7 heteroatoms. The Kier molecular flexibility index (Phi) is 5.00. The Bertz CT molecular complexity index is 716. The van der Waals surface area contributed by atoms with Crippen LogP contribution in [0.25, 0.3) is 0 Å². The molecule has 2 rings (SSSR count). The number of carbonyl (C=O) groups excluding carboxylic acids is 1. The van der Waals surface area contributed by atoms with Crippen LogP contribution in [0, 0.1) is 13.8 Å². The molecule has 2 aromatic rings. The predicted molar refractivity (Wildman–Crippen MR) is 91.5 cm³/mol. The molecule has 23 heavy (non-hydrogen) atoms. The molecule has 0 aliphatic heterocycles. The average Bonchev–Trinajstić information content (AvgIpc) is 2.51. The Morgan fingerprint density at radius 1 is 1.17 bits per heavy atom. The smallest absolute Gasteiger partial charge is 0.323 e. The molecule has 122 valence electrons. The maximum Gasteiger partial charge on any atom is 0.323 e. The number of rotatable bonds is 4. The maximum atomic E-state index is 12.2. The van der Waals surface area contributed by atoms with Gasteiger partial charge >= 0.3 is 12.0 Å². The minimum absolute atomic E-state index is 0.244. The number of carbonyl (C=O) groups is 1. The summed E-state index contributed by atoms with van der Waals surface area (Å²) in [5.41, 5.74) is 3.52. The van der Waals surface area contributed by atoms with Gasteiger partial charge in [-0.05, 0) is 37.1 Å². The van der Waals surface area contributed by atoms with Gasteiger partial charge in [0.05, 0.1) is 13.3 Å². The van der Waals surface area contributed by atoms with E-state index in [0.29, 0.717) is 11.5 Å². The summed E-state index contributed by atoms with van der Waals surface area (Å²) < 4.78 is 5.01. The molecule has 0 unspecified atom stereocenters. The van der Waals surface area contributed by atoms with E-state index in [-0.39, 0.29) is 12.0 Å². The van der Waals surface area contributed by atoms with Gasteiger partial charge in [0, 0.05) is 19.8 Å². The summed E-state index contributed by atoms with van der Waals surface area (Å²) in [5.74, 6) is 0.562. The number of anilines is 3. The van der Waals surface area contributed by atoms with Gasteiger partial charge in [-0.3, -0.25) is 0 Å². The zero-order valence-electron chi connectivity index (χ0n) is 14.0. The molecule has 0 saturated carbocycles. The number of methoxy groups -OCH3 is 1. The fourth-order valence-corrected chi connectivity index (χ4v) is 1.99. The van der Waals surface area contributed by atoms with Crippen molar-refractivity contribution in [3.63, 3.8) is 0 Å². The van der Waals surface area contributed by atoms with E-state index in [4.69, 9.17) is 4.74 Å². The van der Waals surface area contributed by atoms with Crippen LogP contribution in [0.2, 0.25) is 0 Å². The van der Waals surface area contributed by atoms with Crippen molar-refractivity contribution in [1.29, 1.82) is 0 Å². The molecular weight excluding hydrogens is 294 g/mol. The number of urea groups is 1. The van der Waals surface area contributed by atoms with Gasteiger partial charge in [0.25, 0.3) is 0 Å². The number of nitrogens with zero attached hydrogens (tertiary/aromatic N) is 3. The second-order valence-corrected chi connectivity index (χ2v) is 5.37. The van der Waals surface area contributed by atoms with Gasteiger partial charge in [0.2, 0.25) is 0 Å². The third kappa shape index (κ3) is 4.09. The molecule has 0 bridgehead atoms. The summed E-state index contributed by atoms with van der Waals surface area (Å²) in [6, 6.07) is 5.64. The van der Waals surface area contributed by atoms with Crippen molar-refractivity contribution in [2.24, 2.45) is 0 Å². The molecule has 1 heterocycles. The maximum absolute atomic E-state index is 12.2. The number of hydrogen-bond acceptors (Lipinski definition) is 5. The van der Waals surface area contributed by atoms with Gasteiger partial charge in [-0.1, -0.05) is 6.07 Å². The molecule has 0 atom stereocenters. The molecule has 0 spiro atoms. The van der Waals surface area contributed by atoms with Gasteiger partial charge in [-0.25, -0.2) is 9.78 Å². The highest BCUT2D eigenvalue weighted by molar-refractivity contribution is 6.01. The molecule has 2 N–H and O–H groups in total. The fraction of sp³-hybridized carbons (Fsp3) is 0.312. The monoisotopic (exact) mass is 315 g/mol.